The lowest BCUT2D eigenvalue weighted by Gasteiger charge is -2.38. The van der Waals surface area contributed by atoms with Gasteiger partial charge in [-0.05, 0) is 63.4 Å². The van der Waals surface area contributed by atoms with Crippen LogP contribution in [0.2, 0.25) is 0 Å². The first-order chi connectivity index (χ1) is 14.6. The van der Waals surface area contributed by atoms with Crippen LogP contribution in [0.1, 0.15) is 56.0 Å². The van der Waals surface area contributed by atoms with E-state index in [-0.39, 0.29) is 12.2 Å². The van der Waals surface area contributed by atoms with Crippen LogP contribution in [0.4, 0.5) is 10.5 Å². The molecule has 0 unspecified atom stereocenters. The molecule has 0 bridgehead atoms. The molecule has 0 spiro atoms. The average Bonchev–Trinajstić information content (AvgIpc) is 2.70. The summed E-state index contributed by atoms with van der Waals surface area (Å²) in [7, 11) is 0. The molecule has 31 heavy (non-hydrogen) atoms. The van der Waals surface area contributed by atoms with Crippen molar-refractivity contribution in [1.82, 2.24) is 4.90 Å². The van der Waals surface area contributed by atoms with Gasteiger partial charge >= 0.3 is 6.09 Å². The Kier molecular flexibility index (Phi) is 7.13. The van der Waals surface area contributed by atoms with Crippen LogP contribution < -0.4 is 5.32 Å². The summed E-state index contributed by atoms with van der Waals surface area (Å²) < 4.78 is 5.23. The molecule has 1 heterocycles. The monoisotopic (exact) mass is 424 g/mol. The zero-order valence-corrected chi connectivity index (χ0v) is 18.6. The fourth-order valence-corrected chi connectivity index (χ4v) is 3.71. The molecule has 0 aromatic heterocycles. The van der Waals surface area contributed by atoms with Crippen LogP contribution in [-0.2, 0) is 11.3 Å². The zero-order chi connectivity index (χ0) is 22.5. The molecular weight excluding hydrogens is 392 g/mol. The molecule has 0 atom stereocenters. The number of aliphatic hydroxyl groups is 1. The third kappa shape index (κ3) is 7.19. The number of rotatable bonds is 6. The minimum absolute atomic E-state index is 0.0946. The van der Waals surface area contributed by atoms with Gasteiger partial charge in [-0.25, -0.2) is 4.79 Å². The van der Waals surface area contributed by atoms with Crippen molar-refractivity contribution in [1.29, 1.82) is 0 Å². The topological polar surface area (TPSA) is 78.9 Å². The Morgan fingerprint density at radius 3 is 2.23 bits per heavy atom. The Labute approximate surface area is 184 Å². The molecular formula is C25H32N2O4. The molecule has 6 nitrogen and oxygen atoms in total. The number of nitrogens with one attached hydrogen (secondary N) is 1. The van der Waals surface area contributed by atoms with Gasteiger partial charge in [-0.1, -0.05) is 30.3 Å². The maximum atomic E-state index is 12.7. The van der Waals surface area contributed by atoms with Crippen LogP contribution in [-0.4, -0.2) is 46.2 Å². The van der Waals surface area contributed by atoms with Gasteiger partial charge in [0.05, 0.1) is 5.60 Å². The molecule has 2 N–H and O–H groups in total. The molecule has 1 fully saturated rings. The summed E-state index contributed by atoms with van der Waals surface area (Å²) >= 11 is 0. The quantitative estimate of drug-likeness (QED) is 0.661. The van der Waals surface area contributed by atoms with Crippen LogP contribution in [0, 0.1) is 0 Å². The van der Waals surface area contributed by atoms with Crippen molar-refractivity contribution < 1.29 is 19.4 Å². The number of nitrogens with zero attached hydrogens (tertiary/aromatic N) is 1. The van der Waals surface area contributed by atoms with Crippen molar-refractivity contribution in [2.45, 2.75) is 57.8 Å². The van der Waals surface area contributed by atoms with Gasteiger partial charge in [0.25, 0.3) is 0 Å². The predicted octanol–water partition coefficient (Wildman–Crippen LogP) is 4.63. The number of hydrogen-bond acceptors (Lipinski definition) is 5. The first-order valence-electron chi connectivity index (χ1n) is 10.7. The smallest absolute Gasteiger partial charge is 0.412 e. The number of piperidine rings is 1. The zero-order valence-electron chi connectivity index (χ0n) is 18.6. The van der Waals surface area contributed by atoms with Crippen molar-refractivity contribution in [3.8, 4) is 0 Å². The summed E-state index contributed by atoms with van der Waals surface area (Å²) in [6.45, 7) is 7.77. The molecule has 3 rings (SSSR count). The Balaban J connectivity index is 1.50. The number of hydrogen-bond donors (Lipinski definition) is 2. The maximum Gasteiger partial charge on any atom is 0.412 e. The summed E-state index contributed by atoms with van der Waals surface area (Å²) in [6, 6.07) is 17.0. The fraction of sp³-hybridized carbons (Fsp3) is 0.440. The molecule has 1 saturated heterocycles. The number of ketones is 1. The lowest BCUT2D eigenvalue weighted by atomic mass is 9.85. The van der Waals surface area contributed by atoms with E-state index in [1.807, 2.05) is 18.2 Å². The first-order valence-corrected chi connectivity index (χ1v) is 10.7. The van der Waals surface area contributed by atoms with Crippen molar-refractivity contribution in [2.75, 3.05) is 18.4 Å². The van der Waals surface area contributed by atoms with E-state index in [9.17, 15) is 14.7 Å². The van der Waals surface area contributed by atoms with Gasteiger partial charge in [0, 0.05) is 37.3 Å². The largest absolute Gasteiger partial charge is 0.444 e. The SMILES string of the molecule is CC(C)(C)OC(=O)Nc1ccc(C(=O)CC2(O)CCN(Cc3ccccc3)CC2)cc1. The Morgan fingerprint density at radius 2 is 1.65 bits per heavy atom. The van der Waals surface area contributed by atoms with Gasteiger partial charge in [-0.15, -0.1) is 0 Å². The number of Topliss-reactive ketones (excluding diaryl/α,β-unsaturated/α-hetero) is 1. The third-order valence-electron chi connectivity index (χ3n) is 5.38. The predicted molar refractivity (Wildman–Crippen MR) is 121 cm³/mol. The van der Waals surface area contributed by atoms with Gasteiger partial charge in [-0.2, -0.15) is 0 Å². The van der Waals surface area contributed by atoms with E-state index < -0.39 is 17.3 Å². The van der Waals surface area contributed by atoms with E-state index in [0.717, 1.165) is 19.6 Å². The normalized spacial score (nSPS) is 16.5. The van der Waals surface area contributed by atoms with Crippen LogP contribution in [0.5, 0.6) is 0 Å². The van der Waals surface area contributed by atoms with E-state index in [4.69, 9.17) is 4.74 Å². The average molecular weight is 425 g/mol. The standard InChI is InChI=1S/C25H32N2O4/c1-24(2,3)31-23(29)26-21-11-9-20(10-12-21)22(28)17-25(30)13-15-27(16-14-25)18-19-7-5-4-6-8-19/h4-12,30H,13-18H2,1-3H3,(H,26,29). The van der Waals surface area contributed by atoms with Gasteiger partial charge in [0.2, 0.25) is 0 Å². The maximum absolute atomic E-state index is 12.7. The van der Waals surface area contributed by atoms with E-state index in [2.05, 4.69) is 22.3 Å². The van der Waals surface area contributed by atoms with Crippen LogP contribution >= 0.6 is 0 Å². The van der Waals surface area contributed by atoms with Crippen molar-refractivity contribution in [3.63, 3.8) is 0 Å². The summed E-state index contributed by atoms with van der Waals surface area (Å²) in [4.78, 5) is 26.9. The minimum Gasteiger partial charge on any atom is -0.444 e. The Hall–Kier alpha value is -2.70. The Bertz CT molecular complexity index is 880. The summed E-state index contributed by atoms with van der Waals surface area (Å²) in [6.07, 6.45) is 0.710. The highest BCUT2D eigenvalue weighted by Crippen LogP contribution is 2.28. The van der Waals surface area contributed by atoms with E-state index in [1.54, 1.807) is 45.0 Å². The molecule has 0 aliphatic carbocycles. The number of anilines is 1. The highest BCUT2D eigenvalue weighted by atomic mass is 16.6. The van der Waals surface area contributed by atoms with E-state index >= 15 is 0 Å². The van der Waals surface area contributed by atoms with Crippen molar-refractivity contribution in [2.24, 2.45) is 0 Å². The molecule has 1 amide bonds. The fourth-order valence-electron chi connectivity index (χ4n) is 3.71. The first kappa shape index (κ1) is 23.0. The molecule has 6 heteroatoms. The number of carbonyl (C=O) groups excluding carboxylic acids is 2. The molecule has 1 aliphatic rings. The lowest BCUT2D eigenvalue weighted by Crippen LogP contribution is -2.45. The minimum atomic E-state index is -0.974. The lowest BCUT2D eigenvalue weighted by molar-refractivity contribution is -0.0241. The molecule has 0 radical (unpaired) electrons. The van der Waals surface area contributed by atoms with Crippen LogP contribution in [0.25, 0.3) is 0 Å². The van der Waals surface area contributed by atoms with E-state index in [1.165, 1.54) is 5.56 Å². The number of benzene rings is 2. The van der Waals surface area contributed by atoms with Gasteiger partial charge in [-0.3, -0.25) is 15.0 Å². The van der Waals surface area contributed by atoms with Gasteiger partial charge < -0.3 is 9.84 Å². The summed E-state index contributed by atoms with van der Waals surface area (Å²) in [5, 5.41) is 13.6. The second-order valence-corrected chi connectivity index (χ2v) is 9.29. The third-order valence-corrected chi connectivity index (χ3v) is 5.38. The van der Waals surface area contributed by atoms with Crippen LogP contribution in [0.3, 0.4) is 0 Å². The number of amides is 1. The Morgan fingerprint density at radius 1 is 1.03 bits per heavy atom. The second-order valence-electron chi connectivity index (χ2n) is 9.29. The number of ether oxygens (including phenoxy) is 1. The van der Waals surface area contributed by atoms with E-state index in [0.29, 0.717) is 24.1 Å². The van der Waals surface area contributed by atoms with Crippen molar-refractivity contribution in [3.05, 3.63) is 65.7 Å². The number of likely N-dealkylation sites (tertiary alicyclic amines) is 1. The number of carbonyl (C=O) groups is 2. The van der Waals surface area contributed by atoms with Crippen LogP contribution in [0.15, 0.2) is 54.6 Å². The van der Waals surface area contributed by atoms with Gasteiger partial charge in [0.15, 0.2) is 5.78 Å². The second kappa shape index (κ2) is 9.62. The summed E-state index contributed by atoms with van der Waals surface area (Å²) in [5.41, 5.74) is 0.779. The molecule has 2 aromatic rings. The van der Waals surface area contributed by atoms with Gasteiger partial charge in [0.1, 0.15) is 5.60 Å². The highest BCUT2D eigenvalue weighted by Gasteiger charge is 2.34. The highest BCUT2D eigenvalue weighted by molar-refractivity contribution is 5.97. The molecule has 2 aromatic carbocycles. The molecule has 166 valence electrons. The summed E-state index contributed by atoms with van der Waals surface area (Å²) in [5.74, 6) is -0.0946. The molecule has 1 aliphatic heterocycles. The van der Waals surface area contributed by atoms with Crippen molar-refractivity contribution >= 4 is 17.6 Å². The molecule has 0 saturated carbocycles.